The SMILES string of the molecule is CCOCCCN=C(Nc1ccc(C(=O)O)cc1)N1CCN(c2ccccc2OC)CC1.O=C(O)C(F)(F)F. The number of benzene rings is 2. The topological polar surface area (TPSA) is 124 Å². The van der Waals surface area contributed by atoms with Crippen LogP contribution in [0.15, 0.2) is 53.5 Å². The van der Waals surface area contributed by atoms with Crippen LogP contribution in [0.4, 0.5) is 24.5 Å². The molecule has 0 aliphatic carbocycles. The summed E-state index contributed by atoms with van der Waals surface area (Å²) in [6.07, 6.45) is -4.24. The number of anilines is 2. The molecule has 0 amide bonds. The number of carboxylic acids is 2. The van der Waals surface area contributed by atoms with Crippen LogP contribution in [0.3, 0.4) is 0 Å². The number of halogens is 3. The van der Waals surface area contributed by atoms with E-state index < -0.39 is 18.1 Å². The van der Waals surface area contributed by atoms with Crippen molar-refractivity contribution in [3.63, 3.8) is 0 Å². The molecular weight excluding hydrogens is 521 g/mol. The molecule has 1 saturated heterocycles. The quantitative estimate of drug-likeness (QED) is 0.239. The second-order valence-electron chi connectivity index (χ2n) is 8.21. The molecular formula is C26H33F3N4O6. The highest BCUT2D eigenvalue weighted by atomic mass is 19.4. The van der Waals surface area contributed by atoms with Gasteiger partial charge in [0.1, 0.15) is 5.75 Å². The minimum absolute atomic E-state index is 0.260. The van der Waals surface area contributed by atoms with E-state index in [1.807, 2.05) is 25.1 Å². The maximum Gasteiger partial charge on any atom is 0.490 e. The summed E-state index contributed by atoms with van der Waals surface area (Å²) in [5, 5.41) is 19.6. The lowest BCUT2D eigenvalue weighted by atomic mass is 10.2. The van der Waals surface area contributed by atoms with Gasteiger partial charge in [-0.1, -0.05) is 12.1 Å². The minimum atomic E-state index is -5.08. The molecule has 1 aliphatic rings. The third kappa shape index (κ3) is 10.3. The van der Waals surface area contributed by atoms with E-state index in [0.717, 1.165) is 55.7 Å². The van der Waals surface area contributed by atoms with E-state index in [2.05, 4.69) is 21.2 Å². The van der Waals surface area contributed by atoms with Gasteiger partial charge in [0.2, 0.25) is 0 Å². The number of nitrogens with one attached hydrogen (secondary N) is 1. The van der Waals surface area contributed by atoms with Gasteiger partial charge in [0.05, 0.1) is 18.4 Å². The highest BCUT2D eigenvalue weighted by Gasteiger charge is 2.38. The van der Waals surface area contributed by atoms with Gasteiger partial charge in [-0.25, -0.2) is 9.59 Å². The Kier molecular flexibility index (Phi) is 12.3. The summed E-state index contributed by atoms with van der Waals surface area (Å²) < 4.78 is 42.7. The van der Waals surface area contributed by atoms with Gasteiger partial charge in [-0.3, -0.25) is 4.99 Å². The predicted molar refractivity (Wildman–Crippen MR) is 141 cm³/mol. The molecule has 1 heterocycles. The van der Waals surface area contributed by atoms with Crippen LogP contribution in [-0.2, 0) is 9.53 Å². The Morgan fingerprint density at radius 3 is 2.18 bits per heavy atom. The first kappa shape index (κ1) is 31.2. The van der Waals surface area contributed by atoms with Crippen LogP contribution in [0.5, 0.6) is 5.75 Å². The molecule has 0 spiro atoms. The molecule has 2 aromatic rings. The molecule has 3 N–H and O–H groups in total. The van der Waals surface area contributed by atoms with Crippen molar-refractivity contribution in [3.05, 3.63) is 54.1 Å². The molecule has 214 valence electrons. The molecule has 3 rings (SSSR count). The zero-order valence-electron chi connectivity index (χ0n) is 21.8. The summed E-state index contributed by atoms with van der Waals surface area (Å²) in [6, 6.07) is 14.8. The first-order valence-corrected chi connectivity index (χ1v) is 12.2. The van der Waals surface area contributed by atoms with Gasteiger partial charge in [-0.05, 0) is 49.7 Å². The molecule has 1 aliphatic heterocycles. The van der Waals surface area contributed by atoms with Crippen molar-refractivity contribution in [1.29, 1.82) is 0 Å². The summed E-state index contributed by atoms with van der Waals surface area (Å²) in [5.74, 6) is -2.02. The standard InChI is InChI=1S/C24H32N4O4.C2HF3O2/c1-3-32-18-6-13-25-24(26-20-11-9-19(10-12-20)23(29)30)28-16-14-27(15-17-28)21-7-4-5-8-22(21)31-2;3-2(4,5)1(6)7/h4-5,7-12H,3,6,13-18H2,1-2H3,(H,25,26)(H,29,30);(H,6,7). The number of aliphatic imine (C=N–C) groups is 1. The molecule has 10 nitrogen and oxygen atoms in total. The minimum Gasteiger partial charge on any atom is -0.495 e. The van der Waals surface area contributed by atoms with Crippen molar-refractivity contribution in [2.75, 3.05) is 63.3 Å². The number of guanidine groups is 1. The number of piperazine rings is 1. The second-order valence-corrected chi connectivity index (χ2v) is 8.21. The molecule has 0 saturated carbocycles. The van der Waals surface area contributed by atoms with Crippen molar-refractivity contribution in [2.24, 2.45) is 4.99 Å². The normalized spacial score (nSPS) is 13.8. The van der Waals surface area contributed by atoms with Gasteiger partial charge in [0, 0.05) is 51.6 Å². The maximum atomic E-state index is 11.1. The third-order valence-electron chi connectivity index (χ3n) is 5.55. The molecule has 1 fully saturated rings. The van der Waals surface area contributed by atoms with Crippen LogP contribution >= 0.6 is 0 Å². The first-order valence-electron chi connectivity index (χ1n) is 12.2. The summed E-state index contributed by atoms with van der Waals surface area (Å²) in [6.45, 7) is 7.33. The van der Waals surface area contributed by atoms with Gasteiger partial charge in [0.25, 0.3) is 0 Å². The number of rotatable bonds is 9. The van der Waals surface area contributed by atoms with E-state index in [4.69, 9.17) is 29.5 Å². The maximum absolute atomic E-state index is 11.1. The predicted octanol–water partition coefficient (Wildman–Crippen LogP) is 4.04. The molecule has 13 heteroatoms. The van der Waals surface area contributed by atoms with Gasteiger partial charge in [-0.15, -0.1) is 0 Å². The Balaban J connectivity index is 0.000000673. The van der Waals surface area contributed by atoms with Gasteiger partial charge in [-0.2, -0.15) is 13.2 Å². The number of aromatic carboxylic acids is 1. The number of aliphatic carboxylic acids is 1. The van der Waals surface area contributed by atoms with E-state index >= 15 is 0 Å². The van der Waals surface area contributed by atoms with Gasteiger partial charge in [0.15, 0.2) is 5.96 Å². The van der Waals surface area contributed by atoms with Crippen molar-refractivity contribution >= 4 is 29.3 Å². The monoisotopic (exact) mass is 554 g/mol. The molecule has 0 bridgehead atoms. The second kappa shape index (κ2) is 15.4. The number of alkyl halides is 3. The van der Waals surface area contributed by atoms with Crippen molar-refractivity contribution < 1.29 is 42.4 Å². The van der Waals surface area contributed by atoms with Crippen LogP contribution < -0.4 is 15.0 Å². The van der Waals surface area contributed by atoms with Crippen molar-refractivity contribution in [3.8, 4) is 5.75 Å². The summed E-state index contributed by atoms with van der Waals surface area (Å²) in [5.41, 5.74) is 2.17. The van der Waals surface area contributed by atoms with Gasteiger partial charge < -0.3 is 34.8 Å². The lowest BCUT2D eigenvalue weighted by Crippen LogP contribution is -2.50. The van der Waals surface area contributed by atoms with E-state index in [1.165, 1.54) is 0 Å². The fourth-order valence-corrected chi connectivity index (χ4v) is 3.59. The molecule has 0 aromatic heterocycles. The fraction of sp³-hybridized carbons (Fsp3) is 0.423. The summed E-state index contributed by atoms with van der Waals surface area (Å²) in [7, 11) is 1.70. The molecule has 2 aromatic carbocycles. The lowest BCUT2D eigenvalue weighted by Gasteiger charge is -2.38. The third-order valence-corrected chi connectivity index (χ3v) is 5.55. The van der Waals surface area contributed by atoms with Crippen molar-refractivity contribution in [1.82, 2.24) is 4.90 Å². The zero-order chi connectivity index (χ0) is 28.8. The first-order chi connectivity index (χ1) is 18.6. The van der Waals surface area contributed by atoms with E-state index in [-0.39, 0.29) is 5.56 Å². The number of ether oxygens (including phenoxy) is 2. The Bertz CT molecular complexity index is 1090. The van der Waals surface area contributed by atoms with Crippen LogP contribution in [0, 0.1) is 0 Å². The number of para-hydroxylation sites is 2. The van der Waals surface area contributed by atoms with Crippen LogP contribution in [0.25, 0.3) is 0 Å². The summed E-state index contributed by atoms with van der Waals surface area (Å²) >= 11 is 0. The Labute approximate surface area is 224 Å². The highest BCUT2D eigenvalue weighted by Crippen LogP contribution is 2.28. The average molecular weight is 555 g/mol. The van der Waals surface area contributed by atoms with Gasteiger partial charge >= 0.3 is 18.1 Å². The number of carbonyl (C=O) groups is 2. The number of carboxylic acid groups (broad SMARTS) is 2. The molecule has 0 atom stereocenters. The van der Waals surface area contributed by atoms with E-state index in [0.29, 0.717) is 19.8 Å². The molecule has 0 radical (unpaired) electrons. The smallest absolute Gasteiger partial charge is 0.490 e. The number of hydrogen-bond donors (Lipinski definition) is 3. The van der Waals surface area contributed by atoms with Crippen LogP contribution in [0.2, 0.25) is 0 Å². The molecule has 39 heavy (non-hydrogen) atoms. The van der Waals surface area contributed by atoms with Crippen LogP contribution in [0.1, 0.15) is 23.7 Å². The number of hydrogen-bond acceptors (Lipinski definition) is 6. The average Bonchev–Trinajstić information content (AvgIpc) is 2.92. The van der Waals surface area contributed by atoms with E-state index in [9.17, 15) is 18.0 Å². The summed E-state index contributed by atoms with van der Waals surface area (Å²) in [4.78, 5) is 29.4. The Morgan fingerprint density at radius 1 is 1.03 bits per heavy atom. The highest BCUT2D eigenvalue weighted by molar-refractivity contribution is 5.95. The Hall–Kier alpha value is -4.00. The molecule has 0 unspecified atom stereocenters. The van der Waals surface area contributed by atoms with E-state index in [1.54, 1.807) is 31.4 Å². The van der Waals surface area contributed by atoms with Crippen molar-refractivity contribution in [2.45, 2.75) is 19.5 Å². The lowest BCUT2D eigenvalue weighted by molar-refractivity contribution is -0.192. The Morgan fingerprint density at radius 2 is 1.64 bits per heavy atom. The number of nitrogens with zero attached hydrogens (tertiary/aromatic N) is 3. The largest absolute Gasteiger partial charge is 0.495 e. The number of methoxy groups -OCH3 is 1. The fourth-order valence-electron chi connectivity index (χ4n) is 3.59. The van der Waals surface area contributed by atoms with Crippen LogP contribution in [-0.4, -0.2) is 92.2 Å². The zero-order valence-corrected chi connectivity index (χ0v) is 21.8.